The molecule has 4 nitrogen and oxygen atoms in total. The van der Waals surface area contributed by atoms with E-state index in [1.807, 2.05) is 25.1 Å². The lowest BCUT2D eigenvalue weighted by molar-refractivity contribution is -0.140. The molecule has 136 valence electrons. The van der Waals surface area contributed by atoms with Crippen molar-refractivity contribution in [2.24, 2.45) is 4.99 Å². The minimum atomic E-state index is -4.40. The van der Waals surface area contributed by atoms with Crippen LogP contribution in [0.25, 0.3) is 0 Å². The van der Waals surface area contributed by atoms with Crippen LogP contribution < -0.4 is 10.6 Å². The number of alkyl halides is 3. The summed E-state index contributed by atoms with van der Waals surface area (Å²) in [5.41, 5.74) is 0.412. The Morgan fingerprint density at radius 1 is 1.28 bits per heavy atom. The normalized spacial score (nSPS) is 13.6. The number of benzene rings is 1. The van der Waals surface area contributed by atoms with Crippen molar-refractivity contribution < 1.29 is 13.2 Å². The van der Waals surface area contributed by atoms with Gasteiger partial charge in [-0.1, -0.05) is 30.3 Å². The van der Waals surface area contributed by atoms with Crippen LogP contribution in [-0.4, -0.2) is 24.0 Å². The van der Waals surface area contributed by atoms with E-state index in [2.05, 4.69) is 32.7 Å². The molecule has 0 amide bonds. The Labute approximate surface area is 149 Å². The van der Waals surface area contributed by atoms with Gasteiger partial charge in [0.2, 0.25) is 0 Å². The van der Waals surface area contributed by atoms with E-state index in [9.17, 15) is 13.2 Å². The van der Waals surface area contributed by atoms with Gasteiger partial charge in [-0.2, -0.15) is 13.2 Å². The summed E-state index contributed by atoms with van der Waals surface area (Å²) in [5, 5.41) is 7.63. The molecule has 0 aliphatic rings. The SMILES string of the molecule is CN=C(NCc1nc(C(F)(F)F)cs1)NC(C)CCc1ccccc1. The van der Waals surface area contributed by atoms with Gasteiger partial charge >= 0.3 is 6.18 Å². The topological polar surface area (TPSA) is 49.3 Å². The van der Waals surface area contributed by atoms with Gasteiger partial charge in [0.25, 0.3) is 0 Å². The standard InChI is InChI=1S/C17H21F3N4S/c1-12(8-9-13-6-4-3-5-7-13)23-16(21-2)22-10-15-24-14(11-25-15)17(18,19)20/h3-7,11-12H,8-10H2,1-2H3,(H2,21,22,23). The first kappa shape index (κ1) is 19.2. The fourth-order valence-electron chi connectivity index (χ4n) is 2.21. The smallest absolute Gasteiger partial charge is 0.354 e. The highest BCUT2D eigenvalue weighted by Crippen LogP contribution is 2.29. The van der Waals surface area contributed by atoms with Crippen molar-refractivity contribution in [1.82, 2.24) is 15.6 Å². The van der Waals surface area contributed by atoms with Crippen LogP contribution in [0, 0.1) is 0 Å². The van der Waals surface area contributed by atoms with Crippen LogP contribution in [0.15, 0.2) is 40.7 Å². The van der Waals surface area contributed by atoms with Gasteiger partial charge in [-0.15, -0.1) is 11.3 Å². The molecule has 0 saturated carbocycles. The lowest BCUT2D eigenvalue weighted by atomic mass is 10.1. The maximum absolute atomic E-state index is 12.6. The van der Waals surface area contributed by atoms with Crippen LogP contribution in [0.3, 0.4) is 0 Å². The highest BCUT2D eigenvalue weighted by Gasteiger charge is 2.33. The first-order chi connectivity index (χ1) is 11.9. The van der Waals surface area contributed by atoms with Crippen LogP contribution in [0.2, 0.25) is 0 Å². The predicted octanol–water partition coefficient (Wildman–Crippen LogP) is 3.85. The fourth-order valence-corrected chi connectivity index (χ4v) is 2.95. The second-order valence-electron chi connectivity index (χ2n) is 5.62. The van der Waals surface area contributed by atoms with E-state index >= 15 is 0 Å². The summed E-state index contributed by atoms with van der Waals surface area (Å²) in [6.07, 6.45) is -2.55. The largest absolute Gasteiger partial charge is 0.434 e. The highest BCUT2D eigenvalue weighted by atomic mass is 32.1. The lowest BCUT2D eigenvalue weighted by Gasteiger charge is -2.17. The van der Waals surface area contributed by atoms with Gasteiger partial charge < -0.3 is 10.6 Å². The molecule has 0 spiro atoms. The molecule has 1 unspecified atom stereocenters. The van der Waals surface area contributed by atoms with E-state index < -0.39 is 11.9 Å². The van der Waals surface area contributed by atoms with Gasteiger partial charge in [0.05, 0.1) is 6.54 Å². The van der Waals surface area contributed by atoms with Crippen molar-refractivity contribution in [3.05, 3.63) is 52.0 Å². The van der Waals surface area contributed by atoms with Crippen LogP contribution >= 0.6 is 11.3 Å². The number of rotatable bonds is 6. The molecule has 0 saturated heterocycles. The number of nitrogens with zero attached hydrogens (tertiary/aromatic N) is 2. The molecule has 2 rings (SSSR count). The van der Waals surface area contributed by atoms with E-state index in [0.29, 0.717) is 11.0 Å². The zero-order chi connectivity index (χ0) is 18.3. The summed E-state index contributed by atoms with van der Waals surface area (Å²) in [6, 6.07) is 10.4. The predicted molar refractivity (Wildman–Crippen MR) is 94.7 cm³/mol. The van der Waals surface area contributed by atoms with Gasteiger partial charge in [-0.05, 0) is 25.3 Å². The van der Waals surface area contributed by atoms with Crippen LogP contribution in [0.1, 0.15) is 29.6 Å². The van der Waals surface area contributed by atoms with Crippen molar-refractivity contribution in [1.29, 1.82) is 0 Å². The molecule has 1 aromatic heterocycles. The molecule has 2 N–H and O–H groups in total. The van der Waals surface area contributed by atoms with Crippen molar-refractivity contribution in [3.63, 3.8) is 0 Å². The van der Waals surface area contributed by atoms with Gasteiger partial charge in [-0.3, -0.25) is 4.99 Å². The van der Waals surface area contributed by atoms with Crippen molar-refractivity contribution in [2.45, 2.75) is 38.5 Å². The summed E-state index contributed by atoms with van der Waals surface area (Å²) in [4.78, 5) is 7.69. The third-order valence-corrected chi connectivity index (χ3v) is 4.41. The monoisotopic (exact) mass is 370 g/mol. The van der Waals surface area contributed by atoms with Crippen LogP contribution in [0.4, 0.5) is 13.2 Å². The summed E-state index contributed by atoms with van der Waals surface area (Å²) in [5.74, 6) is 0.546. The Bertz CT molecular complexity index is 683. The summed E-state index contributed by atoms with van der Waals surface area (Å²) >= 11 is 0.979. The first-order valence-electron chi connectivity index (χ1n) is 7.91. The molecular formula is C17H21F3N4S. The van der Waals surface area contributed by atoms with Crippen molar-refractivity contribution >= 4 is 17.3 Å². The minimum absolute atomic E-state index is 0.174. The van der Waals surface area contributed by atoms with Crippen LogP contribution in [-0.2, 0) is 19.1 Å². The Hall–Kier alpha value is -2.09. The van der Waals surface area contributed by atoms with E-state index in [4.69, 9.17) is 0 Å². The summed E-state index contributed by atoms with van der Waals surface area (Å²) in [6.45, 7) is 2.24. The number of thiazole rings is 1. The second kappa shape index (κ2) is 8.84. The molecule has 8 heteroatoms. The Morgan fingerprint density at radius 2 is 2.00 bits per heavy atom. The Kier molecular flexibility index (Phi) is 6.81. The molecule has 0 aliphatic carbocycles. The second-order valence-corrected chi connectivity index (χ2v) is 6.56. The average Bonchev–Trinajstić information content (AvgIpc) is 3.07. The number of hydrogen-bond acceptors (Lipinski definition) is 3. The number of aliphatic imine (C=N–C) groups is 1. The van der Waals surface area contributed by atoms with E-state index in [1.165, 1.54) is 5.56 Å². The molecule has 0 aliphatic heterocycles. The zero-order valence-corrected chi connectivity index (χ0v) is 14.9. The molecule has 1 aromatic carbocycles. The summed E-state index contributed by atoms with van der Waals surface area (Å²) in [7, 11) is 1.63. The average molecular weight is 370 g/mol. The molecule has 0 bridgehead atoms. The molecular weight excluding hydrogens is 349 g/mol. The molecule has 1 heterocycles. The van der Waals surface area contributed by atoms with Crippen molar-refractivity contribution in [3.8, 4) is 0 Å². The van der Waals surface area contributed by atoms with Gasteiger partial charge in [-0.25, -0.2) is 4.98 Å². The summed E-state index contributed by atoms with van der Waals surface area (Å²) < 4.78 is 37.7. The number of aromatic nitrogens is 1. The van der Waals surface area contributed by atoms with E-state index in [1.54, 1.807) is 7.05 Å². The molecule has 0 fully saturated rings. The zero-order valence-electron chi connectivity index (χ0n) is 14.1. The number of halogens is 3. The molecule has 2 aromatic rings. The quantitative estimate of drug-likeness (QED) is 0.600. The maximum Gasteiger partial charge on any atom is 0.434 e. The highest BCUT2D eigenvalue weighted by molar-refractivity contribution is 7.09. The number of guanidine groups is 1. The Morgan fingerprint density at radius 3 is 2.60 bits per heavy atom. The number of aryl methyl sites for hydroxylation is 1. The van der Waals surface area contributed by atoms with Gasteiger partial charge in [0.15, 0.2) is 11.7 Å². The first-order valence-corrected chi connectivity index (χ1v) is 8.79. The number of nitrogens with one attached hydrogen (secondary N) is 2. The molecule has 1 atom stereocenters. The van der Waals surface area contributed by atoms with E-state index in [0.717, 1.165) is 29.6 Å². The Balaban J connectivity index is 1.79. The van der Waals surface area contributed by atoms with Gasteiger partial charge in [0, 0.05) is 18.5 Å². The maximum atomic E-state index is 12.6. The molecule has 0 radical (unpaired) electrons. The van der Waals surface area contributed by atoms with Gasteiger partial charge in [0.1, 0.15) is 5.01 Å². The number of hydrogen-bond donors (Lipinski definition) is 2. The van der Waals surface area contributed by atoms with Crippen molar-refractivity contribution in [2.75, 3.05) is 7.05 Å². The van der Waals surface area contributed by atoms with Crippen LogP contribution in [0.5, 0.6) is 0 Å². The fraction of sp³-hybridized carbons (Fsp3) is 0.412. The van der Waals surface area contributed by atoms with E-state index in [-0.39, 0.29) is 12.6 Å². The third-order valence-electron chi connectivity index (χ3n) is 3.56. The third kappa shape index (κ3) is 6.38. The minimum Gasteiger partial charge on any atom is -0.354 e. The molecule has 25 heavy (non-hydrogen) atoms. The lowest BCUT2D eigenvalue weighted by Crippen LogP contribution is -2.42.